The van der Waals surface area contributed by atoms with E-state index in [4.69, 9.17) is 9.47 Å². The highest BCUT2D eigenvalue weighted by Crippen LogP contribution is 2.20. The van der Waals surface area contributed by atoms with Crippen LogP contribution in [0.1, 0.15) is 39.2 Å². The molecule has 0 bridgehead atoms. The molecule has 1 saturated heterocycles. The van der Waals surface area contributed by atoms with Crippen molar-refractivity contribution in [3.63, 3.8) is 0 Å². The lowest BCUT2D eigenvalue weighted by atomic mass is 10.0. The zero-order valence-corrected chi connectivity index (χ0v) is 12.4. The van der Waals surface area contributed by atoms with Crippen LogP contribution in [-0.2, 0) is 4.74 Å². The van der Waals surface area contributed by atoms with Crippen LogP contribution in [0.4, 0.5) is 0 Å². The van der Waals surface area contributed by atoms with Gasteiger partial charge in [0.15, 0.2) is 0 Å². The standard InChI is InChI=1S/C16H25NO2/c1-12(2)13-6-5-7-15(8-13)19-10-14-9-18-11-16(3,4)17-14/h5-8,12,14,17H,9-11H2,1-4H3. The van der Waals surface area contributed by atoms with E-state index in [0.29, 0.717) is 19.1 Å². The summed E-state index contributed by atoms with van der Waals surface area (Å²) in [7, 11) is 0. The molecule has 1 aliphatic rings. The minimum atomic E-state index is 0.0338. The molecule has 1 heterocycles. The van der Waals surface area contributed by atoms with Gasteiger partial charge in [-0.3, -0.25) is 0 Å². The molecule has 106 valence electrons. The molecule has 3 heteroatoms. The Hall–Kier alpha value is -1.06. The fourth-order valence-corrected chi connectivity index (χ4v) is 2.34. The highest BCUT2D eigenvalue weighted by Gasteiger charge is 2.27. The second-order valence-electron chi connectivity index (χ2n) is 6.28. The van der Waals surface area contributed by atoms with Gasteiger partial charge in [-0.2, -0.15) is 0 Å². The first-order chi connectivity index (χ1) is 8.96. The maximum absolute atomic E-state index is 5.89. The molecule has 1 unspecified atom stereocenters. The monoisotopic (exact) mass is 263 g/mol. The van der Waals surface area contributed by atoms with Gasteiger partial charge in [-0.1, -0.05) is 26.0 Å². The van der Waals surface area contributed by atoms with Crippen LogP contribution in [0, 0.1) is 0 Å². The molecule has 1 fully saturated rings. The second kappa shape index (κ2) is 5.93. The third kappa shape index (κ3) is 4.22. The Morgan fingerprint density at radius 1 is 1.42 bits per heavy atom. The predicted octanol–water partition coefficient (Wildman–Crippen LogP) is 2.96. The normalized spacial score (nSPS) is 22.5. The van der Waals surface area contributed by atoms with Gasteiger partial charge in [-0.15, -0.1) is 0 Å². The van der Waals surface area contributed by atoms with Crippen LogP contribution < -0.4 is 10.1 Å². The number of nitrogens with one attached hydrogen (secondary N) is 1. The highest BCUT2D eigenvalue weighted by atomic mass is 16.5. The van der Waals surface area contributed by atoms with Crippen LogP contribution in [-0.4, -0.2) is 31.4 Å². The quantitative estimate of drug-likeness (QED) is 0.906. The summed E-state index contributed by atoms with van der Waals surface area (Å²) in [6.45, 7) is 10.8. The van der Waals surface area contributed by atoms with Crippen molar-refractivity contribution in [2.75, 3.05) is 19.8 Å². The summed E-state index contributed by atoms with van der Waals surface area (Å²) in [6, 6.07) is 8.59. The molecular weight excluding hydrogens is 238 g/mol. The van der Waals surface area contributed by atoms with Crippen molar-refractivity contribution in [1.29, 1.82) is 0 Å². The summed E-state index contributed by atoms with van der Waals surface area (Å²) < 4.78 is 11.5. The first-order valence-corrected chi connectivity index (χ1v) is 7.04. The molecule has 0 aromatic heterocycles. The molecule has 0 spiro atoms. The van der Waals surface area contributed by atoms with E-state index in [9.17, 15) is 0 Å². The fraction of sp³-hybridized carbons (Fsp3) is 0.625. The molecule has 2 rings (SSSR count). The largest absolute Gasteiger partial charge is 0.492 e. The van der Waals surface area contributed by atoms with E-state index in [1.807, 2.05) is 6.07 Å². The maximum atomic E-state index is 5.89. The Balaban J connectivity index is 1.90. The van der Waals surface area contributed by atoms with Gasteiger partial charge in [-0.25, -0.2) is 0 Å². The third-order valence-corrected chi connectivity index (χ3v) is 3.35. The van der Waals surface area contributed by atoms with Crippen molar-refractivity contribution in [3.05, 3.63) is 29.8 Å². The van der Waals surface area contributed by atoms with Gasteiger partial charge < -0.3 is 14.8 Å². The van der Waals surface area contributed by atoms with Crippen molar-refractivity contribution in [1.82, 2.24) is 5.32 Å². The summed E-state index contributed by atoms with van der Waals surface area (Å²) in [6.07, 6.45) is 0. The van der Waals surface area contributed by atoms with Crippen LogP contribution in [0.2, 0.25) is 0 Å². The maximum Gasteiger partial charge on any atom is 0.119 e. The molecule has 3 nitrogen and oxygen atoms in total. The highest BCUT2D eigenvalue weighted by molar-refractivity contribution is 5.30. The van der Waals surface area contributed by atoms with Crippen molar-refractivity contribution < 1.29 is 9.47 Å². The molecule has 1 aliphatic heterocycles. The molecule has 0 radical (unpaired) electrons. The SMILES string of the molecule is CC(C)c1cccc(OCC2COCC(C)(C)N2)c1. The Morgan fingerprint density at radius 2 is 2.21 bits per heavy atom. The molecule has 1 N–H and O–H groups in total. The summed E-state index contributed by atoms with van der Waals surface area (Å²) in [5.74, 6) is 1.47. The lowest BCUT2D eigenvalue weighted by molar-refractivity contribution is 0.000940. The molecule has 0 amide bonds. The van der Waals surface area contributed by atoms with Crippen LogP contribution in [0.3, 0.4) is 0 Å². The number of hydrogen-bond acceptors (Lipinski definition) is 3. The molecule has 0 aliphatic carbocycles. The average Bonchev–Trinajstić information content (AvgIpc) is 2.35. The smallest absolute Gasteiger partial charge is 0.119 e. The van der Waals surface area contributed by atoms with E-state index in [1.165, 1.54) is 5.56 Å². The van der Waals surface area contributed by atoms with Crippen molar-refractivity contribution in [2.24, 2.45) is 0 Å². The number of rotatable bonds is 4. The van der Waals surface area contributed by atoms with Gasteiger partial charge in [0.05, 0.1) is 19.3 Å². The van der Waals surface area contributed by atoms with Crippen LogP contribution >= 0.6 is 0 Å². The van der Waals surface area contributed by atoms with Crippen molar-refractivity contribution >= 4 is 0 Å². The Morgan fingerprint density at radius 3 is 2.89 bits per heavy atom. The average molecular weight is 263 g/mol. The summed E-state index contributed by atoms with van der Waals surface area (Å²) in [5.41, 5.74) is 1.34. The lowest BCUT2D eigenvalue weighted by Crippen LogP contribution is -2.57. The summed E-state index contributed by atoms with van der Waals surface area (Å²) in [5, 5.41) is 3.55. The van der Waals surface area contributed by atoms with E-state index < -0.39 is 0 Å². The predicted molar refractivity (Wildman–Crippen MR) is 77.8 cm³/mol. The van der Waals surface area contributed by atoms with E-state index in [1.54, 1.807) is 0 Å². The van der Waals surface area contributed by atoms with Crippen molar-refractivity contribution in [2.45, 2.75) is 45.2 Å². The molecule has 1 aromatic carbocycles. The Bertz CT molecular complexity index is 415. The molecule has 1 aromatic rings. The first kappa shape index (κ1) is 14.4. The summed E-state index contributed by atoms with van der Waals surface area (Å²) >= 11 is 0. The Kier molecular flexibility index (Phi) is 4.48. The van der Waals surface area contributed by atoms with E-state index in [2.05, 4.69) is 51.2 Å². The first-order valence-electron chi connectivity index (χ1n) is 7.04. The number of morpholine rings is 1. The van der Waals surface area contributed by atoms with Crippen LogP contribution in [0.5, 0.6) is 5.75 Å². The Labute approximate surface area is 116 Å². The van der Waals surface area contributed by atoms with Gasteiger partial charge in [0.2, 0.25) is 0 Å². The molecule has 1 atom stereocenters. The van der Waals surface area contributed by atoms with Gasteiger partial charge in [0.25, 0.3) is 0 Å². The van der Waals surface area contributed by atoms with Gasteiger partial charge >= 0.3 is 0 Å². The molecule has 0 saturated carbocycles. The third-order valence-electron chi connectivity index (χ3n) is 3.35. The fourth-order valence-electron chi connectivity index (χ4n) is 2.34. The van der Waals surface area contributed by atoms with E-state index >= 15 is 0 Å². The van der Waals surface area contributed by atoms with Gasteiger partial charge in [0.1, 0.15) is 12.4 Å². The van der Waals surface area contributed by atoms with E-state index in [-0.39, 0.29) is 11.6 Å². The minimum absolute atomic E-state index is 0.0338. The van der Waals surface area contributed by atoms with Crippen LogP contribution in [0.25, 0.3) is 0 Å². The number of ether oxygens (including phenoxy) is 2. The van der Waals surface area contributed by atoms with Gasteiger partial charge in [0, 0.05) is 5.54 Å². The van der Waals surface area contributed by atoms with Gasteiger partial charge in [-0.05, 0) is 37.5 Å². The number of hydrogen-bond donors (Lipinski definition) is 1. The molecule has 19 heavy (non-hydrogen) atoms. The lowest BCUT2D eigenvalue weighted by Gasteiger charge is -2.36. The van der Waals surface area contributed by atoms with Crippen molar-refractivity contribution in [3.8, 4) is 5.75 Å². The van der Waals surface area contributed by atoms with E-state index in [0.717, 1.165) is 12.4 Å². The summed E-state index contributed by atoms with van der Waals surface area (Å²) in [4.78, 5) is 0. The molecular formula is C16H25NO2. The number of benzene rings is 1. The topological polar surface area (TPSA) is 30.5 Å². The zero-order chi connectivity index (χ0) is 13.9. The minimum Gasteiger partial charge on any atom is -0.492 e. The zero-order valence-electron chi connectivity index (χ0n) is 12.4. The van der Waals surface area contributed by atoms with Crippen LogP contribution in [0.15, 0.2) is 24.3 Å². The second-order valence-corrected chi connectivity index (χ2v) is 6.28.